The van der Waals surface area contributed by atoms with Gasteiger partial charge in [-0.1, -0.05) is 23.7 Å². The summed E-state index contributed by atoms with van der Waals surface area (Å²) in [5.41, 5.74) is 8.80. The minimum atomic E-state index is 0.512. The lowest BCUT2D eigenvalue weighted by atomic mass is 10.1. The Kier molecular flexibility index (Phi) is 3.55. The number of nitrogen functional groups attached to an aromatic ring is 1. The molecule has 0 saturated heterocycles. The molecular weight excluding hydrogens is 234 g/mol. The average molecular weight is 248 g/mol. The van der Waals surface area contributed by atoms with Crippen molar-refractivity contribution in [1.29, 1.82) is 0 Å². The van der Waals surface area contributed by atoms with Crippen LogP contribution in [-0.2, 0) is 6.61 Å². The molecule has 0 aliphatic heterocycles. The van der Waals surface area contributed by atoms with Gasteiger partial charge in [-0.05, 0) is 48.4 Å². The number of ether oxygens (including phenoxy) is 1. The van der Waals surface area contributed by atoms with Crippen molar-refractivity contribution in [2.45, 2.75) is 13.5 Å². The number of anilines is 1. The van der Waals surface area contributed by atoms with Gasteiger partial charge in [-0.15, -0.1) is 0 Å². The molecule has 2 aromatic carbocycles. The van der Waals surface area contributed by atoms with Crippen LogP contribution in [0.15, 0.2) is 42.5 Å². The highest BCUT2D eigenvalue weighted by atomic mass is 35.5. The van der Waals surface area contributed by atoms with Crippen molar-refractivity contribution in [3.05, 3.63) is 58.6 Å². The summed E-state index contributed by atoms with van der Waals surface area (Å²) < 4.78 is 5.67. The standard InChI is InChI=1S/C14H14ClNO/c1-10-11(3-2-4-14(10)16)9-17-13-7-5-12(15)6-8-13/h2-8H,9,16H2,1H3. The highest BCUT2D eigenvalue weighted by molar-refractivity contribution is 6.30. The second-order valence-electron chi connectivity index (χ2n) is 3.87. The lowest BCUT2D eigenvalue weighted by molar-refractivity contribution is 0.305. The molecule has 0 aliphatic carbocycles. The van der Waals surface area contributed by atoms with Gasteiger partial charge in [0.15, 0.2) is 0 Å². The predicted molar refractivity (Wildman–Crippen MR) is 71.4 cm³/mol. The maximum Gasteiger partial charge on any atom is 0.119 e. The first-order valence-electron chi connectivity index (χ1n) is 5.39. The van der Waals surface area contributed by atoms with Crippen molar-refractivity contribution >= 4 is 17.3 Å². The Morgan fingerprint density at radius 3 is 2.53 bits per heavy atom. The first-order valence-corrected chi connectivity index (χ1v) is 5.77. The smallest absolute Gasteiger partial charge is 0.119 e. The van der Waals surface area contributed by atoms with E-state index in [0.717, 1.165) is 22.6 Å². The largest absolute Gasteiger partial charge is 0.489 e. The second-order valence-corrected chi connectivity index (χ2v) is 4.31. The summed E-state index contributed by atoms with van der Waals surface area (Å²) in [6, 6.07) is 13.2. The van der Waals surface area contributed by atoms with Gasteiger partial charge in [-0.3, -0.25) is 0 Å². The highest BCUT2D eigenvalue weighted by Gasteiger charge is 2.02. The van der Waals surface area contributed by atoms with E-state index in [1.807, 2.05) is 49.4 Å². The van der Waals surface area contributed by atoms with Crippen molar-refractivity contribution in [3.8, 4) is 5.75 Å². The van der Waals surface area contributed by atoms with E-state index in [0.29, 0.717) is 11.6 Å². The molecular formula is C14H14ClNO. The van der Waals surface area contributed by atoms with Gasteiger partial charge in [-0.2, -0.15) is 0 Å². The molecule has 17 heavy (non-hydrogen) atoms. The zero-order chi connectivity index (χ0) is 12.3. The molecule has 0 aromatic heterocycles. The molecule has 88 valence electrons. The first kappa shape index (κ1) is 11.8. The molecule has 0 radical (unpaired) electrons. The van der Waals surface area contributed by atoms with Crippen molar-refractivity contribution in [1.82, 2.24) is 0 Å². The predicted octanol–water partition coefficient (Wildman–Crippen LogP) is 3.81. The minimum absolute atomic E-state index is 0.512. The lowest BCUT2D eigenvalue weighted by Crippen LogP contribution is -2.00. The van der Waals surface area contributed by atoms with Gasteiger partial charge in [-0.25, -0.2) is 0 Å². The fourth-order valence-electron chi connectivity index (χ4n) is 1.55. The van der Waals surface area contributed by atoms with Crippen molar-refractivity contribution in [2.24, 2.45) is 0 Å². The molecule has 2 rings (SSSR count). The van der Waals surface area contributed by atoms with Crippen LogP contribution in [0.3, 0.4) is 0 Å². The van der Waals surface area contributed by atoms with Crippen molar-refractivity contribution < 1.29 is 4.74 Å². The summed E-state index contributed by atoms with van der Waals surface area (Å²) in [5.74, 6) is 0.802. The minimum Gasteiger partial charge on any atom is -0.489 e. The Bertz CT molecular complexity index is 508. The van der Waals surface area contributed by atoms with Gasteiger partial charge in [0.25, 0.3) is 0 Å². The summed E-state index contributed by atoms with van der Waals surface area (Å²) >= 11 is 5.80. The van der Waals surface area contributed by atoms with E-state index in [-0.39, 0.29) is 0 Å². The zero-order valence-electron chi connectivity index (χ0n) is 9.61. The molecule has 2 N–H and O–H groups in total. The monoisotopic (exact) mass is 247 g/mol. The molecule has 0 unspecified atom stereocenters. The van der Waals surface area contributed by atoms with E-state index >= 15 is 0 Å². The summed E-state index contributed by atoms with van der Waals surface area (Å²) in [6.07, 6.45) is 0. The van der Waals surface area contributed by atoms with Gasteiger partial charge in [0.05, 0.1) is 0 Å². The molecule has 3 heteroatoms. The number of halogens is 1. The Hall–Kier alpha value is -1.67. The molecule has 0 heterocycles. The molecule has 2 nitrogen and oxygen atoms in total. The Labute approximate surface area is 106 Å². The normalized spacial score (nSPS) is 10.2. The Morgan fingerprint density at radius 2 is 1.82 bits per heavy atom. The summed E-state index contributed by atoms with van der Waals surface area (Å²) in [4.78, 5) is 0. The Balaban J connectivity index is 2.07. The molecule has 0 bridgehead atoms. The van der Waals surface area contributed by atoms with Crippen LogP contribution in [0.4, 0.5) is 5.69 Å². The SMILES string of the molecule is Cc1c(N)cccc1COc1ccc(Cl)cc1. The van der Waals surface area contributed by atoms with Gasteiger partial charge >= 0.3 is 0 Å². The Morgan fingerprint density at radius 1 is 1.12 bits per heavy atom. The van der Waals surface area contributed by atoms with Crippen LogP contribution >= 0.6 is 11.6 Å². The van der Waals surface area contributed by atoms with Crippen LogP contribution in [0, 0.1) is 6.92 Å². The molecule has 0 aliphatic rings. The third-order valence-electron chi connectivity index (χ3n) is 2.70. The molecule has 0 amide bonds. The van der Waals surface area contributed by atoms with E-state index in [1.165, 1.54) is 0 Å². The zero-order valence-corrected chi connectivity index (χ0v) is 10.4. The van der Waals surface area contributed by atoms with Gasteiger partial charge in [0.1, 0.15) is 12.4 Å². The third kappa shape index (κ3) is 2.92. The first-order chi connectivity index (χ1) is 8.16. The topological polar surface area (TPSA) is 35.2 Å². The van der Waals surface area contributed by atoms with E-state index in [9.17, 15) is 0 Å². The number of hydrogen-bond acceptors (Lipinski definition) is 2. The van der Waals surface area contributed by atoms with Crippen molar-refractivity contribution in [3.63, 3.8) is 0 Å². The van der Waals surface area contributed by atoms with Crippen LogP contribution in [0.2, 0.25) is 5.02 Å². The maximum absolute atomic E-state index is 5.84. The summed E-state index contributed by atoms with van der Waals surface area (Å²) in [6.45, 7) is 2.51. The van der Waals surface area contributed by atoms with E-state index < -0.39 is 0 Å². The number of nitrogens with two attached hydrogens (primary N) is 1. The van der Waals surface area contributed by atoms with E-state index in [1.54, 1.807) is 0 Å². The number of benzene rings is 2. The molecule has 0 atom stereocenters. The molecule has 0 spiro atoms. The third-order valence-corrected chi connectivity index (χ3v) is 2.95. The quantitative estimate of drug-likeness (QED) is 0.837. The summed E-state index contributed by atoms with van der Waals surface area (Å²) in [7, 11) is 0. The van der Waals surface area contributed by atoms with Crippen molar-refractivity contribution in [2.75, 3.05) is 5.73 Å². The van der Waals surface area contributed by atoms with E-state index in [2.05, 4.69) is 0 Å². The van der Waals surface area contributed by atoms with Gasteiger partial charge in [0, 0.05) is 10.7 Å². The molecule has 0 saturated carbocycles. The average Bonchev–Trinajstić information content (AvgIpc) is 2.33. The number of rotatable bonds is 3. The molecule has 2 aromatic rings. The fraction of sp³-hybridized carbons (Fsp3) is 0.143. The molecule has 0 fully saturated rings. The lowest BCUT2D eigenvalue weighted by Gasteiger charge is -2.10. The van der Waals surface area contributed by atoms with Gasteiger partial charge < -0.3 is 10.5 Å². The van der Waals surface area contributed by atoms with E-state index in [4.69, 9.17) is 22.1 Å². The van der Waals surface area contributed by atoms with Crippen LogP contribution in [0.1, 0.15) is 11.1 Å². The van der Waals surface area contributed by atoms with Crippen LogP contribution in [0.5, 0.6) is 5.75 Å². The van der Waals surface area contributed by atoms with Gasteiger partial charge in [0.2, 0.25) is 0 Å². The second kappa shape index (κ2) is 5.11. The van der Waals surface area contributed by atoms with Crippen LogP contribution in [0.25, 0.3) is 0 Å². The number of hydrogen-bond donors (Lipinski definition) is 1. The van der Waals surface area contributed by atoms with Crippen LogP contribution in [-0.4, -0.2) is 0 Å². The maximum atomic E-state index is 5.84. The summed E-state index contributed by atoms with van der Waals surface area (Å²) in [5, 5.41) is 0.706. The van der Waals surface area contributed by atoms with Crippen LogP contribution < -0.4 is 10.5 Å². The highest BCUT2D eigenvalue weighted by Crippen LogP contribution is 2.20. The fourth-order valence-corrected chi connectivity index (χ4v) is 1.68.